The molecule has 1 aliphatic rings. The molecule has 1 aromatic rings. The van der Waals surface area contributed by atoms with Crippen molar-refractivity contribution in [2.75, 3.05) is 0 Å². The minimum atomic E-state index is -1.10. The zero-order chi connectivity index (χ0) is 14.6. The van der Waals surface area contributed by atoms with Gasteiger partial charge in [0, 0.05) is 12.6 Å². The molecular weight excluding hydrogens is 260 g/mol. The summed E-state index contributed by atoms with van der Waals surface area (Å²) >= 11 is 0. The molecule has 2 atom stereocenters. The molecule has 1 heterocycles. The predicted octanol–water partition coefficient (Wildman–Crippen LogP) is 0.818. The van der Waals surface area contributed by atoms with Crippen LogP contribution in [0.5, 0.6) is 0 Å². The number of nitrogens with one attached hydrogen (secondary N) is 1. The van der Waals surface area contributed by atoms with Gasteiger partial charge in [-0.3, -0.25) is 9.48 Å². The van der Waals surface area contributed by atoms with Crippen molar-refractivity contribution in [1.29, 1.82) is 0 Å². The number of carbonyl (C=O) groups is 2. The lowest BCUT2D eigenvalue weighted by molar-refractivity contribution is -0.150. The van der Waals surface area contributed by atoms with Crippen LogP contribution in [0.15, 0.2) is 12.4 Å². The van der Waals surface area contributed by atoms with Crippen molar-refractivity contribution < 1.29 is 14.7 Å². The quantitative estimate of drug-likeness (QED) is 0.832. The van der Waals surface area contributed by atoms with Gasteiger partial charge in [0.05, 0.1) is 12.7 Å². The SMILES string of the molecule is CC1CCCC(NC(=O)CCn2ccnn2)(C(=O)O)C1. The second kappa shape index (κ2) is 6.02. The summed E-state index contributed by atoms with van der Waals surface area (Å²) in [5.74, 6) is -0.870. The van der Waals surface area contributed by atoms with Crippen LogP contribution in [-0.4, -0.2) is 37.5 Å². The topological polar surface area (TPSA) is 97.1 Å². The van der Waals surface area contributed by atoms with Crippen molar-refractivity contribution >= 4 is 11.9 Å². The lowest BCUT2D eigenvalue weighted by Crippen LogP contribution is -2.56. The van der Waals surface area contributed by atoms with Crippen LogP contribution in [0.25, 0.3) is 0 Å². The Labute approximate surface area is 117 Å². The lowest BCUT2D eigenvalue weighted by atomic mass is 9.76. The smallest absolute Gasteiger partial charge is 0.329 e. The third-order valence-electron chi connectivity index (χ3n) is 3.83. The van der Waals surface area contributed by atoms with Gasteiger partial charge >= 0.3 is 5.97 Å². The summed E-state index contributed by atoms with van der Waals surface area (Å²) in [7, 11) is 0. The van der Waals surface area contributed by atoms with E-state index in [1.807, 2.05) is 6.92 Å². The van der Waals surface area contributed by atoms with Crippen LogP contribution in [0, 0.1) is 5.92 Å². The first kappa shape index (κ1) is 14.5. The molecule has 1 aliphatic carbocycles. The molecule has 0 saturated heterocycles. The van der Waals surface area contributed by atoms with E-state index in [0.717, 1.165) is 12.8 Å². The highest BCUT2D eigenvalue weighted by molar-refractivity contribution is 5.87. The van der Waals surface area contributed by atoms with E-state index in [1.54, 1.807) is 17.1 Å². The molecule has 110 valence electrons. The summed E-state index contributed by atoms with van der Waals surface area (Å²) in [4.78, 5) is 23.5. The minimum Gasteiger partial charge on any atom is -0.480 e. The molecule has 7 heteroatoms. The van der Waals surface area contributed by atoms with Gasteiger partial charge < -0.3 is 10.4 Å². The Bertz CT molecular complexity index is 474. The number of nitrogens with zero attached hydrogens (tertiary/aromatic N) is 3. The van der Waals surface area contributed by atoms with Crippen LogP contribution in [0.1, 0.15) is 39.0 Å². The van der Waals surface area contributed by atoms with Crippen LogP contribution in [0.3, 0.4) is 0 Å². The zero-order valence-corrected chi connectivity index (χ0v) is 11.6. The number of aryl methyl sites for hydroxylation is 1. The molecule has 0 aromatic carbocycles. The molecule has 0 spiro atoms. The van der Waals surface area contributed by atoms with Gasteiger partial charge in [0.15, 0.2) is 0 Å². The molecule has 0 bridgehead atoms. The number of carboxylic acids is 1. The van der Waals surface area contributed by atoms with Crippen LogP contribution >= 0.6 is 0 Å². The Morgan fingerprint density at radius 3 is 2.95 bits per heavy atom. The average Bonchev–Trinajstić information content (AvgIpc) is 2.89. The lowest BCUT2D eigenvalue weighted by Gasteiger charge is -2.37. The number of aromatic nitrogens is 3. The van der Waals surface area contributed by atoms with Crippen molar-refractivity contribution in [2.45, 2.75) is 51.1 Å². The molecule has 1 amide bonds. The van der Waals surface area contributed by atoms with Gasteiger partial charge in [-0.25, -0.2) is 4.79 Å². The molecule has 1 aromatic heterocycles. The summed E-state index contributed by atoms with van der Waals surface area (Å²) < 4.78 is 1.55. The number of hydrogen-bond donors (Lipinski definition) is 2. The zero-order valence-electron chi connectivity index (χ0n) is 11.6. The number of rotatable bonds is 5. The Hall–Kier alpha value is -1.92. The fraction of sp³-hybridized carbons (Fsp3) is 0.692. The number of hydrogen-bond acceptors (Lipinski definition) is 4. The van der Waals surface area contributed by atoms with E-state index >= 15 is 0 Å². The first-order valence-corrected chi connectivity index (χ1v) is 6.90. The van der Waals surface area contributed by atoms with Gasteiger partial charge in [0.25, 0.3) is 0 Å². The van der Waals surface area contributed by atoms with Crippen molar-refractivity contribution in [3.63, 3.8) is 0 Å². The largest absolute Gasteiger partial charge is 0.480 e. The van der Waals surface area contributed by atoms with E-state index in [9.17, 15) is 14.7 Å². The molecule has 1 saturated carbocycles. The molecule has 7 nitrogen and oxygen atoms in total. The Balaban J connectivity index is 1.94. The maximum atomic E-state index is 12.0. The summed E-state index contributed by atoms with van der Waals surface area (Å²) in [5, 5.41) is 19.6. The van der Waals surface area contributed by atoms with Crippen LogP contribution in [0.2, 0.25) is 0 Å². The number of amides is 1. The second-order valence-electron chi connectivity index (χ2n) is 5.55. The van der Waals surface area contributed by atoms with E-state index in [0.29, 0.717) is 25.3 Å². The molecule has 0 aliphatic heterocycles. The third-order valence-corrected chi connectivity index (χ3v) is 3.83. The Morgan fingerprint density at radius 1 is 1.55 bits per heavy atom. The number of aliphatic carboxylic acids is 1. The van der Waals surface area contributed by atoms with E-state index in [2.05, 4.69) is 15.6 Å². The van der Waals surface area contributed by atoms with Crippen molar-refractivity contribution in [1.82, 2.24) is 20.3 Å². The van der Waals surface area contributed by atoms with Gasteiger partial charge in [-0.05, 0) is 18.8 Å². The highest BCUT2D eigenvalue weighted by Crippen LogP contribution is 2.32. The van der Waals surface area contributed by atoms with Gasteiger partial charge in [-0.2, -0.15) is 0 Å². The van der Waals surface area contributed by atoms with Gasteiger partial charge in [0.2, 0.25) is 5.91 Å². The van der Waals surface area contributed by atoms with Gasteiger partial charge in [-0.1, -0.05) is 25.0 Å². The first-order chi connectivity index (χ1) is 9.52. The maximum absolute atomic E-state index is 12.0. The highest BCUT2D eigenvalue weighted by atomic mass is 16.4. The van der Waals surface area contributed by atoms with Crippen molar-refractivity contribution in [3.05, 3.63) is 12.4 Å². The van der Waals surface area contributed by atoms with Crippen molar-refractivity contribution in [2.24, 2.45) is 5.92 Å². The molecule has 1 fully saturated rings. The molecule has 0 radical (unpaired) electrons. The molecule has 2 rings (SSSR count). The van der Waals surface area contributed by atoms with Gasteiger partial charge in [-0.15, -0.1) is 5.10 Å². The predicted molar refractivity (Wildman–Crippen MR) is 70.8 cm³/mol. The van der Waals surface area contributed by atoms with Crippen molar-refractivity contribution in [3.8, 4) is 0 Å². The number of carbonyl (C=O) groups excluding carboxylic acids is 1. The Kier molecular flexibility index (Phi) is 4.36. The summed E-state index contributed by atoms with van der Waals surface area (Å²) in [6.07, 6.45) is 6.26. The van der Waals surface area contributed by atoms with E-state index < -0.39 is 11.5 Å². The monoisotopic (exact) mass is 280 g/mol. The van der Waals surface area contributed by atoms with Crippen LogP contribution in [-0.2, 0) is 16.1 Å². The normalized spacial score (nSPS) is 26.1. The summed E-state index contributed by atoms with van der Waals surface area (Å²) in [6.45, 7) is 2.43. The average molecular weight is 280 g/mol. The number of carboxylic acid groups (broad SMARTS) is 1. The summed E-state index contributed by atoms with van der Waals surface area (Å²) in [6, 6.07) is 0. The third kappa shape index (κ3) is 3.34. The molecular formula is C13H20N4O3. The van der Waals surface area contributed by atoms with Crippen LogP contribution < -0.4 is 5.32 Å². The second-order valence-corrected chi connectivity index (χ2v) is 5.55. The highest BCUT2D eigenvalue weighted by Gasteiger charge is 2.42. The first-order valence-electron chi connectivity index (χ1n) is 6.90. The minimum absolute atomic E-state index is 0.201. The van der Waals surface area contributed by atoms with E-state index in [4.69, 9.17) is 0 Å². The fourth-order valence-corrected chi connectivity index (χ4v) is 2.81. The van der Waals surface area contributed by atoms with E-state index in [1.165, 1.54) is 0 Å². The Morgan fingerprint density at radius 2 is 2.35 bits per heavy atom. The molecule has 20 heavy (non-hydrogen) atoms. The molecule has 2 N–H and O–H groups in total. The van der Waals surface area contributed by atoms with Gasteiger partial charge in [0.1, 0.15) is 5.54 Å². The van der Waals surface area contributed by atoms with Crippen LogP contribution in [0.4, 0.5) is 0 Å². The summed E-state index contributed by atoms with van der Waals surface area (Å²) in [5.41, 5.74) is -1.10. The fourth-order valence-electron chi connectivity index (χ4n) is 2.81. The standard InChI is InChI=1S/C13H20N4O3/c1-10-3-2-5-13(9-10,12(19)20)15-11(18)4-7-17-8-6-14-16-17/h6,8,10H,2-5,7,9H2,1H3,(H,15,18)(H,19,20). The molecule has 2 unspecified atom stereocenters. The van der Waals surface area contributed by atoms with E-state index in [-0.39, 0.29) is 12.3 Å². The maximum Gasteiger partial charge on any atom is 0.329 e.